The van der Waals surface area contributed by atoms with Crippen molar-refractivity contribution in [2.75, 3.05) is 5.32 Å². The number of anilines is 1. The van der Waals surface area contributed by atoms with Crippen molar-refractivity contribution in [1.82, 2.24) is 19.9 Å². The molecule has 6 nitrogen and oxygen atoms in total. The minimum Gasteiger partial charge on any atom is -0.340 e. The molecule has 0 aliphatic rings. The van der Waals surface area contributed by atoms with Gasteiger partial charge in [0, 0.05) is 0 Å². The molecular formula is C15H15N5O. The number of hydrogen-bond acceptors (Lipinski definition) is 4. The predicted molar refractivity (Wildman–Crippen MR) is 79.8 cm³/mol. The van der Waals surface area contributed by atoms with Crippen molar-refractivity contribution in [2.24, 2.45) is 0 Å². The molecule has 6 heteroatoms. The smallest absolute Gasteiger partial charge is 0.233 e. The number of fused-ring (bicyclic) bond motifs is 1. The van der Waals surface area contributed by atoms with Crippen molar-refractivity contribution in [3.63, 3.8) is 0 Å². The van der Waals surface area contributed by atoms with Crippen LogP contribution in [0.4, 0.5) is 5.82 Å². The maximum absolute atomic E-state index is 12.5. The van der Waals surface area contributed by atoms with Crippen LogP contribution in [0.3, 0.4) is 0 Å². The van der Waals surface area contributed by atoms with Gasteiger partial charge in [0.1, 0.15) is 11.8 Å². The average molecular weight is 281 g/mol. The molecule has 1 unspecified atom stereocenters. The van der Waals surface area contributed by atoms with Crippen LogP contribution in [0.25, 0.3) is 11.2 Å². The van der Waals surface area contributed by atoms with Crippen LogP contribution in [-0.4, -0.2) is 25.8 Å². The zero-order valence-corrected chi connectivity index (χ0v) is 11.6. The van der Waals surface area contributed by atoms with E-state index in [4.69, 9.17) is 0 Å². The van der Waals surface area contributed by atoms with E-state index in [0.717, 1.165) is 5.56 Å². The van der Waals surface area contributed by atoms with E-state index in [0.29, 0.717) is 23.4 Å². The van der Waals surface area contributed by atoms with E-state index in [9.17, 15) is 4.79 Å². The number of rotatable bonds is 4. The van der Waals surface area contributed by atoms with Crippen LogP contribution in [0.5, 0.6) is 0 Å². The van der Waals surface area contributed by atoms with E-state index >= 15 is 0 Å². The van der Waals surface area contributed by atoms with Crippen molar-refractivity contribution < 1.29 is 4.79 Å². The summed E-state index contributed by atoms with van der Waals surface area (Å²) in [4.78, 5) is 27.6. The van der Waals surface area contributed by atoms with Crippen molar-refractivity contribution in [3.05, 3.63) is 48.5 Å². The molecule has 2 aromatic heterocycles. The minimum absolute atomic E-state index is 0.0849. The molecule has 3 rings (SSSR count). The molecule has 0 radical (unpaired) electrons. The largest absolute Gasteiger partial charge is 0.340 e. The number of carbonyl (C=O) groups excluding carboxylic acids is 1. The second kappa shape index (κ2) is 5.70. The summed E-state index contributed by atoms with van der Waals surface area (Å²) in [6.45, 7) is 1.99. The Morgan fingerprint density at radius 2 is 2.05 bits per heavy atom. The molecule has 106 valence electrons. The SMILES string of the molecule is CCC(C(=O)Nc1ncnc2nc[nH]c12)c1ccccc1. The first-order valence-corrected chi connectivity index (χ1v) is 6.79. The molecule has 0 fully saturated rings. The Morgan fingerprint density at radius 3 is 2.81 bits per heavy atom. The molecule has 0 spiro atoms. The Hall–Kier alpha value is -2.76. The molecule has 2 heterocycles. The summed E-state index contributed by atoms with van der Waals surface area (Å²) in [6.07, 6.45) is 3.64. The van der Waals surface area contributed by atoms with Gasteiger partial charge >= 0.3 is 0 Å². The topological polar surface area (TPSA) is 83.6 Å². The van der Waals surface area contributed by atoms with Crippen LogP contribution in [-0.2, 0) is 4.79 Å². The lowest BCUT2D eigenvalue weighted by Crippen LogP contribution is -2.21. The molecular weight excluding hydrogens is 266 g/mol. The summed E-state index contributed by atoms with van der Waals surface area (Å²) in [7, 11) is 0. The van der Waals surface area contributed by atoms with Crippen molar-refractivity contribution in [1.29, 1.82) is 0 Å². The summed E-state index contributed by atoms with van der Waals surface area (Å²) >= 11 is 0. The number of carbonyl (C=O) groups is 1. The highest BCUT2D eigenvalue weighted by Crippen LogP contribution is 2.22. The lowest BCUT2D eigenvalue weighted by molar-refractivity contribution is -0.117. The Kier molecular flexibility index (Phi) is 3.59. The molecule has 3 aromatic rings. The molecule has 0 aliphatic carbocycles. The highest BCUT2D eigenvalue weighted by Gasteiger charge is 2.20. The molecule has 0 saturated heterocycles. The first-order chi connectivity index (χ1) is 10.3. The Bertz CT molecular complexity index is 753. The van der Waals surface area contributed by atoms with Gasteiger partial charge in [-0.2, -0.15) is 0 Å². The molecule has 1 atom stereocenters. The van der Waals surface area contributed by atoms with Crippen LogP contribution < -0.4 is 5.32 Å². The maximum Gasteiger partial charge on any atom is 0.233 e. The zero-order valence-electron chi connectivity index (χ0n) is 11.6. The number of benzene rings is 1. The molecule has 2 N–H and O–H groups in total. The third kappa shape index (κ3) is 2.60. The zero-order chi connectivity index (χ0) is 14.7. The van der Waals surface area contributed by atoms with Gasteiger partial charge in [0.15, 0.2) is 11.5 Å². The van der Waals surface area contributed by atoms with Gasteiger partial charge in [0.25, 0.3) is 0 Å². The Morgan fingerprint density at radius 1 is 1.24 bits per heavy atom. The van der Waals surface area contributed by atoms with Gasteiger partial charge in [-0.05, 0) is 12.0 Å². The molecule has 21 heavy (non-hydrogen) atoms. The quantitative estimate of drug-likeness (QED) is 0.769. The van der Waals surface area contributed by atoms with Gasteiger partial charge in [-0.1, -0.05) is 37.3 Å². The first kappa shape index (κ1) is 13.2. The number of hydrogen-bond donors (Lipinski definition) is 2. The molecule has 0 aliphatic heterocycles. The fraction of sp³-hybridized carbons (Fsp3) is 0.200. The molecule has 0 bridgehead atoms. The van der Waals surface area contributed by atoms with Gasteiger partial charge in [0.05, 0.1) is 12.2 Å². The van der Waals surface area contributed by atoms with Gasteiger partial charge in [-0.3, -0.25) is 4.79 Å². The van der Waals surface area contributed by atoms with Crippen LogP contribution in [0.2, 0.25) is 0 Å². The predicted octanol–water partition coefficient (Wildman–Crippen LogP) is 2.49. The fourth-order valence-electron chi connectivity index (χ4n) is 2.32. The number of aromatic nitrogens is 4. The average Bonchev–Trinajstić information content (AvgIpc) is 2.99. The van der Waals surface area contributed by atoms with E-state index in [2.05, 4.69) is 25.3 Å². The van der Waals surface area contributed by atoms with Gasteiger partial charge < -0.3 is 10.3 Å². The number of nitrogens with zero attached hydrogens (tertiary/aromatic N) is 3. The van der Waals surface area contributed by atoms with E-state index < -0.39 is 0 Å². The van der Waals surface area contributed by atoms with E-state index in [-0.39, 0.29) is 11.8 Å². The fourth-order valence-corrected chi connectivity index (χ4v) is 2.32. The molecule has 1 amide bonds. The van der Waals surface area contributed by atoms with E-state index in [1.165, 1.54) is 12.7 Å². The first-order valence-electron chi connectivity index (χ1n) is 6.79. The third-order valence-corrected chi connectivity index (χ3v) is 3.39. The van der Waals surface area contributed by atoms with Crippen LogP contribution >= 0.6 is 0 Å². The molecule has 0 saturated carbocycles. The Labute approximate surface area is 121 Å². The number of imidazole rings is 1. The maximum atomic E-state index is 12.5. The number of H-pyrrole nitrogens is 1. The number of aromatic amines is 1. The monoisotopic (exact) mass is 281 g/mol. The minimum atomic E-state index is -0.209. The summed E-state index contributed by atoms with van der Waals surface area (Å²) in [5.41, 5.74) is 2.16. The van der Waals surface area contributed by atoms with E-state index in [1.807, 2.05) is 37.3 Å². The van der Waals surface area contributed by atoms with Crippen LogP contribution in [0.1, 0.15) is 24.8 Å². The summed E-state index contributed by atoms with van der Waals surface area (Å²) in [5, 5.41) is 2.86. The van der Waals surface area contributed by atoms with Gasteiger partial charge in [-0.15, -0.1) is 0 Å². The second-order valence-electron chi connectivity index (χ2n) is 4.68. The van der Waals surface area contributed by atoms with Gasteiger partial charge in [-0.25, -0.2) is 15.0 Å². The Balaban J connectivity index is 1.87. The van der Waals surface area contributed by atoms with Crippen LogP contribution in [0.15, 0.2) is 43.0 Å². The second-order valence-corrected chi connectivity index (χ2v) is 4.68. The third-order valence-electron chi connectivity index (χ3n) is 3.39. The van der Waals surface area contributed by atoms with Gasteiger partial charge in [0.2, 0.25) is 5.91 Å². The number of nitrogens with one attached hydrogen (secondary N) is 2. The summed E-state index contributed by atoms with van der Waals surface area (Å²) < 4.78 is 0. The lowest BCUT2D eigenvalue weighted by atomic mass is 9.96. The summed E-state index contributed by atoms with van der Waals surface area (Å²) in [5.74, 6) is 0.161. The van der Waals surface area contributed by atoms with Crippen molar-refractivity contribution in [2.45, 2.75) is 19.3 Å². The highest BCUT2D eigenvalue weighted by atomic mass is 16.1. The standard InChI is InChI=1S/C15H15N5O/c1-2-11(10-6-4-3-5-7-10)15(21)20-14-12-13(17-8-16-12)18-9-19-14/h3-9,11H,2H2,1H3,(H2,16,17,18,19,20,21). The van der Waals surface area contributed by atoms with Crippen molar-refractivity contribution in [3.8, 4) is 0 Å². The highest BCUT2D eigenvalue weighted by molar-refractivity contribution is 5.99. The van der Waals surface area contributed by atoms with E-state index in [1.54, 1.807) is 0 Å². The lowest BCUT2D eigenvalue weighted by Gasteiger charge is -2.15. The molecule has 1 aromatic carbocycles. The summed E-state index contributed by atoms with van der Waals surface area (Å²) in [6, 6.07) is 9.72. The van der Waals surface area contributed by atoms with Crippen LogP contribution in [0, 0.1) is 0 Å². The normalized spacial score (nSPS) is 12.2. The number of amides is 1. The van der Waals surface area contributed by atoms with Crippen molar-refractivity contribution >= 4 is 22.9 Å².